The van der Waals surface area contributed by atoms with Gasteiger partial charge in [0.25, 0.3) is 11.8 Å². The number of halogens is 1. The number of hydrogen-bond acceptors (Lipinski definition) is 4. The molecule has 172 valence electrons. The van der Waals surface area contributed by atoms with E-state index in [1.54, 1.807) is 35.2 Å². The van der Waals surface area contributed by atoms with Crippen molar-refractivity contribution >= 4 is 40.1 Å². The summed E-state index contributed by atoms with van der Waals surface area (Å²) in [6.45, 7) is 3.57. The van der Waals surface area contributed by atoms with Crippen LogP contribution < -0.4 is 5.32 Å². The van der Waals surface area contributed by atoms with E-state index in [0.29, 0.717) is 40.3 Å². The predicted octanol–water partition coefficient (Wildman–Crippen LogP) is 5.30. The third kappa shape index (κ3) is 4.69. The van der Waals surface area contributed by atoms with Gasteiger partial charge in [0.2, 0.25) is 5.76 Å². The van der Waals surface area contributed by atoms with Crippen LogP contribution in [0.4, 0.5) is 5.69 Å². The highest BCUT2D eigenvalue weighted by molar-refractivity contribution is 6.31. The second-order valence-electron chi connectivity index (χ2n) is 8.32. The van der Waals surface area contributed by atoms with E-state index in [-0.39, 0.29) is 17.6 Å². The molecule has 0 bridgehead atoms. The highest BCUT2D eigenvalue weighted by Crippen LogP contribution is 2.32. The molecule has 1 aliphatic heterocycles. The number of piperazine rings is 1. The fraction of sp³-hybridized carbons (Fsp3) is 0.185. The molecule has 0 atom stereocenters. The quantitative estimate of drug-likeness (QED) is 0.427. The maximum absolute atomic E-state index is 13.5. The number of furan rings is 1. The summed E-state index contributed by atoms with van der Waals surface area (Å²) >= 11 is 6.05. The average molecular weight is 474 g/mol. The Morgan fingerprint density at radius 2 is 1.62 bits per heavy atom. The van der Waals surface area contributed by atoms with Gasteiger partial charge >= 0.3 is 0 Å². The summed E-state index contributed by atoms with van der Waals surface area (Å²) in [5.74, 6) is -0.430. The topological polar surface area (TPSA) is 65.8 Å². The van der Waals surface area contributed by atoms with Crippen LogP contribution in [0.25, 0.3) is 11.0 Å². The molecule has 0 radical (unpaired) electrons. The Morgan fingerprint density at radius 3 is 2.38 bits per heavy atom. The van der Waals surface area contributed by atoms with Crippen molar-refractivity contribution in [2.24, 2.45) is 0 Å². The number of carbonyl (C=O) groups excluding carboxylic acids is 2. The molecular weight excluding hydrogens is 450 g/mol. The molecule has 3 aromatic carbocycles. The number of anilines is 1. The van der Waals surface area contributed by atoms with Gasteiger partial charge in [-0.1, -0.05) is 60.1 Å². The number of hydrogen-bond donors (Lipinski definition) is 1. The molecule has 4 aromatic rings. The van der Waals surface area contributed by atoms with Gasteiger partial charge in [0.05, 0.1) is 0 Å². The number of nitrogens with zero attached hydrogens (tertiary/aromatic N) is 2. The molecule has 0 aliphatic carbocycles. The number of carbonyl (C=O) groups is 2. The van der Waals surface area contributed by atoms with Gasteiger partial charge in [0, 0.05) is 48.7 Å². The number of fused-ring (bicyclic) bond motifs is 1. The van der Waals surface area contributed by atoms with Crippen LogP contribution in [0, 0.1) is 0 Å². The van der Waals surface area contributed by atoms with Gasteiger partial charge in [0.1, 0.15) is 11.3 Å². The van der Waals surface area contributed by atoms with Crippen LogP contribution in [-0.4, -0.2) is 47.8 Å². The van der Waals surface area contributed by atoms with E-state index >= 15 is 0 Å². The Labute approximate surface area is 202 Å². The summed E-state index contributed by atoms with van der Waals surface area (Å²) < 4.78 is 5.95. The van der Waals surface area contributed by atoms with Gasteiger partial charge in [-0.3, -0.25) is 14.5 Å². The summed E-state index contributed by atoms with van der Waals surface area (Å²) in [4.78, 5) is 30.5. The second kappa shape index (κ2) is 9.71. The number of nitrogens with one attached hydrogen (secondary N) is 1. The molecule has 0 saturated carbocycles. The Kier molecular flexibility index (Phi) is 6.34. The lowest BCUT2D eigenvalue weighted by atomic mass is 10.1. The van der Waals surface area contributed by atoms with Crippen molar-refractivity contribution in [3.05, 3.63) is 101 Å². The first-order chi connectivity index (χ1) is 16.6. The third-order valence-electron chi connectivity index (χ3n) is 6.02. The summed E-state index contributed by atoms with van der Waals surface area (Å²) in [5, 5.41) is 4.04. The first kappa shape index (κ1) is 22.2. The zero-order valence-corrected chi connectivity index (χ0v) is 19.3. The van der Waals surface area contributed by atoms with Gasteiger partial charge in [0.15, 0.2) is 0 Å². The maximum atomic E-state index is 13.5. The van der Waals surface area contributed by atoms with Crippen LogP contribution in [0.15, 0.2) is 83.3 Å². The minimum atomic E-state index is -0.351. The van der Waals surface area contributed by atoms with Crippen molar-refractivity contribution in [2.45, 2.75) is 6.54 Å². The lowest BCUT2D eigenvalue weighted by Gasteiger charge is -2.34. The summed E-state index contributed by atoms with van der Waals surface area (Å²) in [6.07, 6.45) is 0. The Balaban J connectivity index is 1.35. The minimum Gasteiger partial charge on any atom is -0.449 e. The van der Waals surface area contributed by atoms with E-state index in [9.17, 15) is 9.59 Å². The fourth-order valence-electron chi connectivity index (χ4n) is 4.23. The predicted molar refractivity (Wildman–Crippen MR) is 133 cm³/mol. The zero-order chi connectivity index (χ0) is 23.5. The van der Waals surface area contributed by atoms with Crippen molar-refractivity contribution < 1.29 is 14.0 Å². The Bertz CT molecular complexity index is 1330. The van der Waals surface area contributed by atoms with Gasteiger partial charge in [-0.15, -0.1) is 0 Å². The molecule has 1 saturated heterocycles. The molecule has 0 unspecified atom stereocenters. The molecule has 5 rings (SSSR count). The third-order valence-corrected chi connectivity index (χ3v) is 6.26. The number of benzene rings is 3. The van der Waals surface area contributed by atoms with Gasteiger partial charge < -0.3 is 14.6 Å². The van der Waals surface area contributed by atoms with E-state index in [1.807, 2.05) is 36.4 Å². The lowest BCUT2D eigenvalue weighted by Crippen LogP contribution is -2.48. The molecule has 2 heterocycles. The monoisotopic (exact) mass is 473 g/mol. The molecule has 6 nitrogen and oxygen atoms in total. The fourth-order valence-corrected chi connectivity index (χ4v) is 4.42. The average Bonchev–Trinajstić information content (AvgIpc) is 3.23. The van der Waals surface area contributed by atoms with Crippen molar-refractivity contribution in [3.63, 3.8) is 0 Å². The van der Waals surface area contributed by atoms with E-state index in [2.05, 4.69) is 22.3 Å². The van der Waals surface area contributed by atoms with E-state index in [1.165, 1.54) is 5.56 Å². The van der Waals surface area contributed by atoms with Crippen molar-refractivity contribution in [2.75, 3.05) is 31.5 Å². The zero-order valence-electron chi connectivity index (χ0n) is 18.5. The minimum absolute atomic E-state index is 0.146. The molecule has 1 N–H and O–H groups in total. The van der Waals surface area contributed by atoms with Crippen LogP contribution in [0.3, 0.4) is 0 Å². The van der Waals surface area contributed by atoms with Gasteiger partial charge in [-0.2, -0.15) is 0 Å². The van der Waals surface area contributed by atoms with E-state index in [4.69, 9.17) is 16.0 Å². The van der Waals surface area contributed by atoms with Crippen molar-refractivity contribution in [1.82, 2.24) is 9.80 Å². The highest BCUT2D eigenvalue weighted by atomic mass is 35.5. The maximum Gasteiger partial charge on any atom is 0.291 e. The Hall–Kier alpha value is -3.61. The van der Waals surface area contributed by atoms with Crippen molar-refractivity contribution in [3.8, 4) is 0 Å². The SMILES string of the molecule is O=C(Nc1c(C(=O)N2CCN(Cc3ccccc3)CC2)oc2ccccc12)c1cccc(Cl)c1. The summed E-state index contributed by atoms with van der Waals surface area (Å²) in [7, 11) is 0. The summed E-state index contributed by atoms with van der Waals surface area (Å²) in [6, 6.07) is 24.3. The van der Waals surface area contributed by atoms with Gasteiger partial charge in [-0.05, 0) is 35.9 Å². The van der Waals surface area contributed by atoms with E-state index in [0.717, 1.165) is 19.6 Å². The molecule has 1 fully saturated rings. The Morgan fingerprint density at radius 1 is 0.882 bits per heavy atom. The van der Waals surface area contributed by atoms with Crippen LogP contribution in [0.2, 0.25) is 5.02 Å². The number of para-hydroxylation sites is 1. The normalized spacial score (nSPS) is 14.3. The second-order valence-corrected chi connectivity index (χ2v) is 8.76. The van der Waals surface area contributed by atoms with Gasteiger partial charge in [-0.25, -0.2) is 0 Å². The number of rotatable bonds is 5. The smallest absolute Gasteiger partial charge is 0.291 e. The molecule has 7 heteroatoms. The highest BCUT2D eigenvalue weighted by Gasteiger charge is 2.29. The van der Waals surface area contributed by atoms with Crippen LogP contribution in [0.5, 0.6) is 0 Å². The molecule has 2 amide bonds. The first-order valence-electron chi connectivity index (χ1n) is 11.2. The lowest BCUT2D eigenvalue weighted by molar-refractivity contribution is 0.0601. The van der Waals surface area contributed by atoms with Crippen LogP contribution in [0.1, 0.15) is 26.5 Å². The number of amides is 2. The van der Waals surface area contributed by atoms with Crippen LogP contribution >= 0.6 is 11.6 Å². The molecular formula is C27H24ClN3O3. The molecule has 34 heavy (non-hydrogen) atoms. The summed E-state index contributed by atoms with van der Waals surface area (Å²) in [5.41, 5.74) is 2.60. The molecule has 0 spiro atoms. The molecule has 1 aliphatic rings. The first-order valence-corrected chi connectivity index (χ1v) is 11.6. The van der Waals surface area contributed by atoms with Crippen molar-refractivity contribution in [1.29, 1.82) is 0 Å². The van der Waals surface area contributed by atoms with Crippen LogP contribution in [-0.2, 0) is 6.54 Å². The standard InChI is InChI=1S/C27H24ClN3O3/c28-21-10-6-9-20(17-21)26(32)29-24-22-11-4-5-12-23(22)34-25(24)27(33)31-15-13-30(14-16-31)18-19-7-2-1-3-8-19/h1-12,17H,13-16,18H2,(H,29,32). The molecule has 1 aromatic heterocycles. The van der Waals surface area contributed by atoms with E-state index < -0.39 is 0 Å². The largest absolute Gasteiger partial charge is 0.449 e.